The molecule has 2 unspecified atom stereocenters. The molecule has 0 radical (unpaired) electrons. The first-order valence-corrected chi connectivity index (χ1v) is 7.26. The maximum absolute atomic E-state index is 12.0. The third-order valence-electron chi connectivity index (χ3n) is 3.57. The number of rotatable bonds is 3. The highest BCUT2D eigenvalue weighted by Crippen LogP contribution is 2.23. The number of carboxylic acid groups (broad SMARTS) is 1. The Balaban J connectivity index is 1.87. The maximum Gasteiger partial charge on any atom is 0.317 e. The van der Waals surface area contributed by atoms with E-state index >= 15 is 0 Å². The summed E-state index contributed by atoms with van der Waals surface area (Å²) in [6.45, 7) is 3.07. The fourth-order valence-corrected chi connectivity index (χ4v) is 2.61. The number of aliphatic carboxylic acids is 1. The summed E-state index contributed by atoms with van der Waals surface area (Å²) in [5.41, 5.74) is 1.00. The van der Waals surface area contributed by atoms with Crippen LogP contribution in [0.15, 0.2) is 28.7 Å². The number of carboxylic acids is 1. The quantitative estimate of drug-likeness (QED) is 0.886. The van der Waals surface area contributed by atoms with Crippen LogP contribution in [0.3, 0.4) is 0 Å². The minimum Gasteiger partial charge on any atom is -0.481 e. The van der Waals surface area contributed by atoms with Crippen LogP contribution in [0.4, 0.5) is 4.79 Å². The molecular weight excluding hydrogens is 324 g/mol. The molecule has 1 aromatic carbocycles. The van der Waals surface area contributed by atoms with Crippen LogP contribution in [-0.4, -0.2) is 35.1 Å². The minimum absolute atomic E-state index is 0.00840. The molecule has 6 heteroatoms. The zero-order valence-electron chi connectivity index (χ0n) is 11.2. The van der Waals surface area contributed by atoms with Crippen molar-refractivity contribution >= 4 is 27.9 Å². The first-order valence-electron chi connectivity index (χ1n) is 6.47. The van der Waals surface area contributed by atoms with Crippen LogP contribution in [-0.2, 0) is 11.3 Å². The summed E-state index contributed by atoms with van der Waals surface area (Å²) in [4.78, 5) is 24.6. The van der Waals surface area contributed by atoms with Crippen molar-refractivity contribution in [3.05, 3.63) is 34.3 Å². The van der Waals surface area contributed by atoms with E-state index in [9.17, 15) is 9.59 Å². The number of hydrogen-bond acceptors (Lipinski definition) is 2. The van der Waals surface area contributed by atoms with Crippen LogP contribution >= 0.6 is 15.9 Å². The smallest absolute Gasteiger partial charge is 0.317 e. The number of carbonyl (C=O) groups is 2. The number of halogens is 1. The van der Waals surface area contributed by atoms with E-state index in [1.807, 2.05) is 31.2 Å². The summed E-state index contributed by atoms with van der Waals surface area (Å²) in [5, 5.41) is 11.9. The van der Waals surface area contributed by atoms with Crippen molar-refractivity contribution in [3.8, 4) is 0 Å². The Hall–Kier alpha value is -1.56. The van der Waals surface area contributed by atoms with Gasteiger partial charge in [0, 0.05) is 24.1 Å². The van der Waals surface area contributed by atoms with Crippen LogP contribution in [0.5, 0.6) is 0 Å². The summed E-state index contributed by atoms with van der Waals surface area (Å²) in [6.07, 6.45) is 0. The molecule has 2 amide bonds. The van der Waals surface area contributed by atoms with Crippen molar-refractivity contribution in [2.24, 2.45) is 11.8 Å². The van der Waals surface area contributed by atoms with E-state index < -0.39 is 11.9 Å². The maximum atomic E-state index is 12.0. The van der Waals surface area contributed by atoms with Gasteiger partial charge in [0.25, 0.3) is 0 Å². The molecule has 0 aromatic heterocycles. The Kier molecular flexibility index (Phi) is 4.65. The third-order valence-corrected chi connectivity index (χ3v) is 4.10. The lowest BCUT2D eigenvalue weighted by atomic mass is 9.99. The molecule has 2 rings (SSSR count). The van der Waals surface area contributed by atoms with Gasteiger partial charge >= 0.3 is 12.0 Å². The van der Waals surface area contributed by atoms with E-state index in [2.05, 4.69) is 21.2 Å². The Labute approximate surface area is 126 Å². The van der Waals surface area contributed by atoms with Crippen molar-refractivity contribution in [1.29, 1.82) is 0 Å². The van der Waals surface area contributed by atoms with Gasteiger partial charge in [-0.25, -0.2) is 4.79 Å². The Morgan fingerprint density at radius 3 is 2.55 bits per heavy atom. The van der Waals surface area contributed by atoms with Crippen molar-refractivity contribution < 1.29 is 14.7 Å². The van der Waals surface area contributed by atoms with Gasteiger partial charge < -0.3 is 15.3 Å². The van der Waals surface area contributed by atoms with Crippen LogP contribution in [0.2, 0.25) is 0 Å². The summed E-state index contributed by atoms with van der Waals surface area (Å²) in [7, 11) is 0. The second kappa shape index (κ2) is 6.26. The monoisotopic (exact) mass is 340 g/mol. The zero-order valence-corrected chi connectivity index (χ0v) is 12.8. The van der Waals surface area contributed by atoms with Gasteiger partial charge in [-0.05, 0) is 23.6 Å². The third kappa shape index (κ3) is 3.50. The molecule has 0 bridgehead atoms. The molecule has 1 aliphatic rings. The summed E-state index contributed by atoms with van der Waals surface area (Å²) in [5.74, 6) is -1.31. The van der Waals surface area contributed by atoms with E-state index in [-0.39, 0.29) is 18.5 Å². The number of nitrogens with zero attached hydrogens (tertiary/aromatic N) is 1. The van der Waals surface area contributed by atoms with E-state index in [1.165, 1.54) is 0 Å². The zero-order chi connectivity index (χ0) is 14.7. The molecule has 1 saturated heterocycles. The van der Waals surface area contributed by atoms with Crippen molar-refractivity contribution in [3.63, 3.8) is 0 Å². The van der Waals surface area contributed by atoms with Gasteiger partial charge in [-0.3, -0.25) is 4.79 Å². The molecule has 1 fully saturated rings. The van der Waals surface area contributed by atoms with Gasteiger partial charge in [-0.2, -0.15) is 0 Å². The largest absolute Gasteiger partial charge is 0.481 e. The van der Waals surface area contributed by atoms with Crippen LogP contribution in [0.1, 0.15) is 12.5 Å². The van der Waals surface area contributed by atoms with Gasteiger partial charge in [-0.15, -0.1) is 0 Å². The number of urea groups is 1. The highest BCUT2D eigenvalue weighted by molar-refractivity contribution is 9.10. The van der Waals surface area contributed by atoms with Gasteiger partial charge in [0.05, 0.1) is 5.92 Å². The fourth-order valence-electron chi connectivity index (χ4n) is 2.35. The molecule has 1 heterocycles. The molecule has 0 spiro atoms. The minimum atomic E-state index is -0.833. The number of likely N-dealkylation sites (tertiary alicyclic amines) is 1. The molecule has 2 atom stereocenters. The highest BCUT2D eigenvalue weighted by Gasteiger charge is 2.36. The first kappa shape index (κ1) is 14.8. The second-order valence-electron chi connectivity index (χ2n) is 5.11. The van der Waals surface area contributed by atoms with E-state index in [4.69, 9.17) is 5.11 Å². The average molecular weight is 341 g/mol. The van der Waals surface area contributed by atoms with Gasteiger partial charge in [-0.1, -0.05) is 35.0 Å². The van der Waals surface area contributed by atoms with Crippen LogP contribution in [0, 0.1) is 11.8 Å². The lowest BCUT2D eigenvalue weighted by Gasteiger charge is -2.16. The highest BCUT2D eigenvalue weighted by atomic mass is 79.9. The molecule has 108 valence electrons. The molecule has 1 aliphatic heterocycles. The van der Waals surface area contributed by atoms with E-state index in [0.29, 0.717) is 13.1 Å². The molecule has 2 N–H and O–H groups in total. The van der Waals surface area contributed by atoms with Crippen molar-refractivity contribution in [2.75, 3.05) is 13.1 Å². The van der Waals surface area contributed by atoms with Gasteiger partial charge in [0.15, 0.2) is 0 Å². The molecule has 20 heavy (non-hydrogen) atoms. The second-order valence-corrected chi connectivity index (χ2v) is 6.03. The molecule has 0 saturated carbocycles. The predicted molar refractivity (Wildman–Crippen MR) is 78.2 cm³/mol. The molecule has 1 aromatic rings. The number of nitrogens with one attached hydrogen (secondary N) is 1. The lowest BCUT2D eigenvalue weighted by Crippen LogP contribution is -2.38. The summed E-state index contributed by atoms with van der Waals surface area (Å²) < 4.78 is 0.991. The van der Waals surface area contributed by atoms with Crippen molar-refractivity contribution in [1.82, 2.24) is 10.2 Å². The van der Waals surface area contributed by atoms with Gasteiger partial charge in [0.2, 0.25) is 0 Å². The lowest BCUT2D eigenvalue weighted by molar-refractivity contribution is -0.142. The Bertz CT molecular complexity index is 504. The van der Waals surface area contributed by atoms with Crippen LogP contribution < -0.4 is 5.32 Å². The molecular formula is C14H17BrN2O3. The van der Waals surface area contributed by atoms with E-state index in [0.717, 1.165) is 10.0 Å². The summed E-state index contributed by atoms with van der Waals surface area (Å²) in [6, 6.07) is 7.48. The number of amides is 2. The van der Waals surface area contributed by atoms with Gasteiger partial charge in [0.1, 0.15) is 0 Å². The fraction of sp³-hybridized carbons (Fsp3) is 0.429. The number of hydrogen-bond donors (Lipinski definition) is 2. The average Bonchev–Trinajstić information content (AvgIpc) is 2.80. The predicted octanol–water partition coefficient (Wildman–Crippen LogP) is 2.31. The standard InChI is InChI=1S/C14H17BrN2O3/c1-9-7-17(8-12(9)13(18)19)14(20)16-6-10-2-4-11(15)5-3-10/h2-5,9,12H,6-8H2,1H3,(H,16,20)(H,18,19). The Morgan fingerprint density at radius 2 is 2.00 bits per heavy atom. The summed E-state index contributed by atoms with van der Waals surface area (Å²) >= 11 is 3.35. The van der Waals surface area contributed by atoms with E-state index in [1.54, 1.807) is 4.90 Å². The number of carbonyl (C=O) groups excluding carboxylic acids is 1. The normalized spacial score (nSPS) is 21.8. The molecule has 5 nitrogen and oxygen atoms in total. The Morgan fingerprint density at radius 1 is 1.35 bits per heavy atom. The van der Waals surface area contributed by atoms with Crippen LogP contribution in [0.25, 0.3) is 0 Å². The SMILES string of the molecule is CC1CN(C(=O)NCc2ccc(Br)cc2)CC1C(=O)O. The van der Waals surface area contributed by atoms with Crippen molar-refractivity contribution in [2.45, 2.75) is 13.5 Å². The first-order chi connectivity index (χ1) is 9.47. The number of benzene rings is 1. The molecule has 0 aliphatic carbocycles. The topological polar surface area (TPSA) is 69.6 Å².